The molecule has 1 aromatic rings. The Labute approximate surface area is 154 Å². The highest BCUT2D eigenvalue weighted by molar-refractivity contribution is 5.80. The van der Waals surface area contributed by atoms with Crippen LogP contribution in [0.4, 0.5) is 11.4 Å². The average Bonchev–Trinajstić information content (AvgIpc) is 2.65. The highest BCUT2D eigenvalue weighted by Gasteiger charge is 2.21. The van der Waals surface area contributed by atoms with Crippen LogP contribution >= 0.6 is 0 Å². The zero-order chi connectivity index (χ0) is 18.8. The second-order valence-electron chi connectivity index (χ2n) is 6.08. The second-order valence-corrected chi connectivity index (χ2v) is 6.08. The van der Waals surface area contributed by atoms with E-state index in [1.165, 1.54) is 6.07 Å². The lowest BCUT2D eigenvalue weighted by Crippen LogP contribution is -2.47. The fraction of sp³-hybridized carbons (Fsp3) is 0.611. The quantitative estimate of drug-likeness (QED) is 0.242. The van der Waals surface area contributed by atoms with Crippen molar-refractivity contribution in [1.29, 1.82) is 0 Å². The third-order valence-electron chi connectivity index (χ3n) is 4.27. The molecule has 0 atom stereocenters. The molecule has 0 aromatic heterocycles. The first-order chi connectivity index (χ1) is 12.7. The van der Waals surface area contributed by atoms with Gasteiger partial charge in [0, 0.05) is 38.9 Å². The maximum Gasteiger partial charge on any atom is 0.292 e. The molecule has 1 heterocycles. The van der Waals surface area contributed by atoms with Crippen molar-refractivity contribution in [3.8, 4) is 0 Å². The third kappa shape index (κ3) is 5.87. The molecule has 144 valence electrons. The van der Waals surface area contributed by atoms with Crippen molar-refractivity contribution >= 4 is 17.3 Å². The Hall–Kier alpha value is -2.35. The van der Waals surface area contributed by atoms with Crippen LogP contribution in [0.5, 0.6) is 0 Å². The number of hydrogen-bond donors (Lipinski definition) is 2. The lowest BCUT2D eigenvalue weighted by Gasteiger charge is -2.34. The molecule has 2 rings (SSSR count). The van der Waals surface area contributed by atoms with Gasteiger partial charge in [-0.25, -0.2) is 0 Å². The molecule has 2 N–H and O–H groups in total. The number of anilines is 1. The smallest absolute Gasteiger partial charge is 0.292 e. The van der Waals surface area contributed by atoms with Crippen molar-refractivity contribution in [3.63, 3.8) is 0 Å². The summed E-state index contributed by atoms with van der Waals surface area (Å²) in [6.45, 7) is 8.57. The number of nitro benzene ring substituents is 1. The largest absolute Gasteiger partial charge is 0.378 e. The monoisotopic (exact) mass is 363 g/mol. The van der Waals surface area contributed by atoms with Crippen molar-refractivity contribution in [3.05, 3.63) is 34.4 Å². The molecule has 0 spiro atoms. The van der Waals surface area contributed by atoms with E-state index in [1.54, 1.807) is 18.2 Å². The van der Waals surface area contributed by atoms with Gasteiger partial charge in [0.25, 0.3) is 5.69 Å². The number of para-hydroxylation sites is 2. The Morgan fingerprint density at radius 1 is 1.35 bits per heavy atom. The number of nitrogens with one attached hydrogen (secondary N) is 2. The Kier molecular flexibility index (Phi) is 8.14. The Balaban J connectivity index is 1.87. The number of piperidine rings is 1. The lowest BCUT2D eigenvalue weighted by atomic mass is 10.1. The van der Waals surface area contributed by atoms with Gasteiger partial charge in [0.1, 0.15) is 5.69 Å². The van der Waals surface area contributed by atoms with Crippen LogP contribution in [-0.4, -0.2) is 61.2 Å². The van der Waals surface area contributed by atoms with E-state index in [-0.39, 0.29) is 10.6 Å². The number of nitro groups is 1. The van der Waals surface area contributed by atoms with Gasteiger partial charge in [-0.05, 0) is 32.8 Å². The Bertz CT molecular complexity index is 600. The third-order valence-corrected chi connectivity index (χ3v) is 4.27. The molecule has 1 aliphatic heterocycles. The maximum atomic E-state index is 11.0. The van der Waals surface area contributed by atoms with E-state index >= 15 is 0 Å². The fourth-order valence-corrected chi connectivity index (χ4v) is 3.03. The lowest BCUT2D eigenvalue weighted by molar-refractivity contribution is -0.384. The number of rotatable bonds is 8. The fourth-order valence-electron chi connectivity index (χ4n) is 3.03. The number of guanidine groups is 1. The number of hydrogen-bond acceptors (Lipinski definition) is 5. The molecule has 26 heavy (non-hydrogen) atoms. The van der Waals surface area contributed by atoms with E-state index in [4.69, 9.17) is 4.74 Å². The molecule has 0 aliphatic carbocycles. The number of nitrogens with zero attached hydrogens (tertiary/aromatic N) is 3. The predicted molar refractivity (Wildman–Crippen MR) is 104 cm³/mol. The van der Waals surface area contributed by atoms with Gasteiger partial charge in [-0.15, -0.1) is 0 Å². The summed E-state index contributed by atoms with van der Waals surface area (Å²) in [4.78, 5) is 17.6. The summed E-state index contributed by atoms with van der Waals surface area (Å²) in [6.07, 6.45) is 2.36. The van der Waals surface area contributed by atoms with E-state index in [0.717, 1.165) is 45.0 Å². The molecular weight excluding hydrogens is 334 g/mol. The summed E-state index contributed by atoms with van der Waals surface area (Å²) in [5, 5.41) is 17.5. The van der Waals surface area contributed by atoms with Crippen molar-refractivity contribution in [1.82, 2.24) is 10.2 Å². The molecule has 0 amide bonds. The molecule has 0 bridgehead atoms. The van der Waals surface area contributed by atoms with Crippen LogP contribution in [0.1, 0.15) is 26.7 Å². The molecule has 1 fully saturated rings. The van der Waals surface area contributed by atoms with Crippen LogP contribution in [0.3, 0.4) is 0 Å². The second kappa shape index (κ2) is 10.6. The Morgan fingerprint density at radius 3 is 2.73 bits per heavy atom. The summed E-state index contributed by atoms with van der Waals surface area (Å²) in [5.74, 6) is 0.895. The van der Waals surface area contributed by atoms with Gasteiger partial charge < -0.3 is 20.3 Å². The zero-order valence-electron chi connectivity index (χ0n) is 15.6. The minimum absolute atomic E-state index is 0.0846. The number of likely N-dealkylation sites (tertiary alicyclic amines) is 1. The molecule has 1 saturated heterocycles. The van der Waals surface area contributed by atoms with E-state index in [9.17, 15) is 10.1 Å². The van der Waals surface area contributed by atoms with E-state index in [0.29, 0.717) is 24.9 Å². The molecule has 8 nitrogen and oxygen atoms in total. The van der Waals surface area contributed by atoms with Crippen LogP contribution in [0.15, 0.2) is 29.3 Å². The minimum Gasteiger partial charge on any atom is -0.378 e. The highest BCUT2D eigenvalue weighted by Crippen LogP contribution is 2.22. The van der Waals surface area contributed by atoms with Crippen molar-refractivity contribution in [2.75, 3.05) is 44.6 Å². The summed E-state index contributed by atoms with van der Waals surface area (Å²) in [7, 11) is 0. The van der Waals surface area contributed by atoms with Gasteiger partial charge in [0.05, 0.1) is 17.6 Å². The number of benzene rings is 1. The van der Waals surface area contributed by atoms with Crippen LogP contribution < -0.4 is 10.6 Å². The van der Waals surface area contributed by atoms with Gasteiger partial charge in [-0.3, -0.25) is 15.1 Å². The maximum absolute atomic E-state index is 11.0. The molecule has 1 aromatic carbocycles. The first kappa shape index (κ1) is 20.0. The van der Waals surface area contributed by atoms with Crippen LogP contribution in [0.2, 0.25) is 0 Å². The molecule has 0 radical (unpaired) electrons. The van der Waals surface area contributed by atoms with Gasteiger partial charge in [0.15, 0.2) is 5.96 Å². The molecule has 0 unspecified atom stereocenters. The molecule has 0 saturated carbocycles. The first-order valence-corrected chi connectivity index (χ1v) is 9.27. The zero-order valence-corrected chi connectivity index (χ0v) is 15.6. The predicted octanol–water partition coefficient (Wildman–Crippen LogP) is 2.47. The minimum atomic E-state index is -0.377. The number of aliphatic imine (C=N–C) groups is 1. The highest BCUT2D eigenvalue weighted by atomic mass is 16.6. The topological polar surface area (TPSA) is 92.0 Å². The molecular formula is C18H29N5O3. The summed E-state index contributed by atoms with van der Waals surface area (Å²) >= 11 is 0. The summed E-state index contributed by atoms with van der Waals surface area (Å²) in [6, 6.07) is 6.66. The van der Waals surface area contributed by atoms with Gasteiger partial charge in [-0.2, -0.15) is 0 Å². The first-order valence-electron chi connectivity index (χ1n) is 9.27. The van der Waals surface area contributed by atoms with Crippen molar-refractivity contribution in [2.45, 2.75) is 32.8 Å². The van der Waals surface area contributed by atoms with Crippen molar-refractivity contribution in [2.24, 2.45) is 4.99 Å². The van der Waals surface area contributed by atoms with E-state index < -0.39 is 0 Å². The summed E-state index contributed by atoms with van der Waals surface area (Å²) in [5.41, 5.74) is 0.608. The van der Waals surface area contributed by atoms with Crippen LogP contribution in [-0.2, 0) is 4.74 Å². The standard InChI is InChI=1S/C18H29N5O3/c1-3-19-18(22-13-9-15(10-14-22)26-4-2)21-12-11-20-16-7-5-6-8-17(16)23(24)25/h5-8,15,20H,3-4,9-14H2,1-2H3,(H,19,21). The van der Waals surface area contributed by atoms with Crippen LogP contribution in [0, 0.1) is 10.1 Å². The Morgan fingerprint density at radius 2 is 2.08 bits per heavy atom. The molecule has 8 heteroatoms. The van der Waals surface area contributed by atoms with Gasteiger partial charge in [0.2, 0.25) is 0 Å². The summed E-state index contributed by atoms with van der Waals surface area (Å²) < 4.78 is 5.70. The van der Waals surface area contributed by atoms with Crippen LogP contribution in [0.25, 0.3) is 0 Å². The van der Waals surface area contributed by atoms with E-state index in [1.807, 2.05) is 13.8 Å². The molecule has 1 aliphatic rings. The number of ether oxygens (including phenoxy) is 1. The SMILES string of the molecule is CCNC(=NCCNc1ccccc1[N+](=O)[O-])N1CCC(OCC)CC1. The normalized spacial score (nSPS) is 15.8. The van der Waals surface area contributed by atoms with Crippen molar-refractivity contribution < 1.29 is 9.66 Å². The van der Waals surface area contributed by atoms with Gasteiger partial charge in [-0.1, -0.05) is 12.1 Å². The van der Waals surface area contributed by atoms with E-state index in [2.05, 4.69) is 20.5 Å². The average molecular weight is 363 g/mol. The van der Waals surface area contributed by atoms with Gasteiger partial charge >= 0.3 is 0 Å².